The maximum atomic E-state index is 14.1. The van der Waals surface area contributed by atoms with Crippen LogP contribution in [0.5, 0.6) is 5.75 Å². The molecule has 1 aliphatic rings. The van der Waals surface area contributed by atoms with Crippen LogP contribution in [-0.4, -0.2) is 20.0 Å². The van der Waals surface area contributed by atoms with E-state index in [0.717, 1.165) is 29.4 Å². The lowest BCUT2D eigenvalue weighted by Gasteiger charge is -2.10. The van der Waals surface area contributed by atoms with Gasteiger partial charge in [0.1, 0.15) is 16.5 Å². The highest BCUT2D eigenvalue weighted by atomic mass is 32.2. The first kappa shape index (κ1) is 18.1. The number of halogens is 1. The molecule has 0 fully saturated rings. The van der Waals surface area contributed by atoms with Crippen LogP contribution >= 0.6 is 0 Å². The summed E-state index contributed by atoms with van der Waals surface area (Å²) in [7, 11) is -4.01. The molecule has 4 rings (SSSR count). The molecule has 1 aromatic heterocycles. The molecular formula is C20H16FN3O3S. The number of benzene rings is 2. The zero-order valence-corrected chi connectivity index (χ0v) is 15.5. The summed E-state index contributed by atoms with van der Waals surface area (Å²) < 4.78 is 47.5. The van der Waals surface area contributed by atoms with Crippen molar-refractivity contribution >= 4 is 15.7 Å². The Kier molecular flexibility index (Phi) is 4.53. The van der Waals surface area contributed by atoms with Crippen molar-refractivity contribution in [3.8, 4) is 11.8 Å². The number of nitrogens with one attached hydrogen (secondary N) is 2. The van der Waals surface area contributed by atoms with Gasteiger partial charge < -0.3 is 9.72 Å². The van der Waals surface area contributed by atoms with E-state index >= 15 is 0 Å². The number of hydrogen-bond donors (Lipinski definition) is 2. The summed E-state index contributed by atoms with van der Waals surface area (Å²) in [5.41, 5.74) is 2.52. The number of fused-ring (bicyclic) bond motifs is 1. The molecule has 142 valence electrons. The van der Waals surface area contributed by atoms with Crippen molar-refractivity contribution in [1.82, 2.24) is 4.98 Å². The number of sulfonamides is 1. The molecule has 8 heteroatoms. The summed E-state index contributed by atoms with van der Waals surface area (Å²) in [5, 5.41) is 8.80. The van der Waals surface area contributed by atoms with Crippen LogP contribution in [0.3, 0.4) is 0 Å². The zero-order valence-electron chi connectivity index (χ0n) is 14.7. The van der Waals surface area contributed by atoms with Crippen LogP contribution in [0.4, 0.5) is 10.1 Å². The first-order chi connectivity index (χ1) is 13.5. The highest BCUT2D eigenvalue weighted by Crippen LogP contribution is 2.29. The largest absolute Gasteiger partial charge is 0.493 e. The number of aromatic nitrogens is 1. The van der Waals surface area contributed by atoms with Crippen molar-refractivity contribution in [2.45, 2.75) is 17.7 Å². The number of nitriles is 1. The van der Waals surface area contributed by atoms with E-state index in [1.165, 1.54) is 18.3 Å². The average molecular weight is 397 g/mol. The minimum atomic E-state index is -4.01. The third-order valence-corrected chi connectivity index (χ3v) is 6.02. The van der Waals surface area contributed by atoms with E-state index in [1.54, 1.807) is 6.20 Å². The van der Waals surface area contributed by atoms with E-state index in [9.17, 15) is 12.8 Å². The molecule has 0 saturated carbocycles. The van der Waals surface area contributed by atoms with Crippen molar-refractivity contribution in [3.63, 3.8) is 0 Å². The van der Waals surface area contributed by atoms with Gasteiger partial charge in [-0.3, -0.25) is 4.72 Å². The van der Waals surface area contributed by atoms with Crippen molar-refractivity contribution in [2.75, 3.05) is 11.3 Å². The molecule has 1 aliphatic heterocycles. The Morgan fingerprint density at radius 2 is 2.07 bits per heavy atom. The normalized spacial score (nSPS) is 12.9. The molecule has 0 spiro atoms. The summed E-state index contributed by atoms with van der Waals surface area (Å²) in [5.74, 6) is 0.0192. The molecule has 0 amide bonds. The Hall–Kier alpha value is -3.31. The van der Waals surface area contributed by atoms with Gasteiger partial charge in [-0.05, 0) is 41.0 Å². The molecule has 2 N–H and O–H groups in total. The van der Waals surface area contributed by atoms with Crippen LogP contribution in [0.1, 0.15) is 22.3 Å². The molecule has 0 unspecified atom stereocenters. The summed E-state index contributed by atoms with van der Waals surface area (Å²) in [6.45, 7) is 0.655. The first-order valence-electron chi connectivity index (χ1n) is 8.59. The Balaban J connectivity index is 1.60. The van der Waals surface area contributed by atoms with Crippen LogP contribution in [0.2, 0.25) is 0 Å². The van der Waals surface area contributed by atoms with Gasteiger partial charge in [-0.15, -0.1) is 0 Å². The van der Waals surface area contributed by atoms with Crippen molar-refractivity contribution < 1.29 is 17.5 Å². The molecule has 28 heavy (non-hydrogen) atoms. The van der Waals surface area contributed by atoms with E-state index in [4.69, 9.17) is 10.00 Å². The molecule has 0 atom stereocenters. The molecule has 0 saturated heterocycles. The van der Waals surface area contributed by atoms with Gasteiger partial charge in [0.15, 0.2) is 0 Å². The molecular weight excluding hydrogens is 381 g/mol. The van der Waals surface area contributed by atoms with Gasteiger partial charge >= 0.3 is 0 Å². The SMILES string of the molecule is N#Cc1ccc(NS(=O)(=O)c2c[nH]cc2Cc2ccc3c(c2)OCC3)c(F)c1. The van der Waals surface area contributed by atoms with E-state index in [0.29, 0.717) is 18.6 Å². The highest BCUT2D eigenvalue weighted by molar-refractivity contribution is 7.92. The number of ether oxygens (including phenoxy) is 1. The predicted octanol–water partition coefficient (Wildman–Crippen LogP) is 3.35. The fourth-order valence-corrected chi connectivity index (χ4v) is 4.44. The van der Waals surface area contributed by atoms with E-state index in [1.807, 2.05) is 24.3 Å². The van der Waals surface area contributed by atoms with Gasteiger partial charge in [-0.1, -0.05) is 12.1 Å². The maximum Gasteiger partial charge on any atom is 0.263 e. The monoisotopic (exact) mass is 397 g/mol. The summed E-state index contributed by atoms with van der Waals surface area (Å²) in [6, 6.07) is 11.2. The summed E-state index contributed by atoms with van der Waals surface area (Å²) >= 11 is 0. The number of aromatic amines is 1. The lowest BCUT2D eigenvalue weighted by Crippen LogP contribution is -2.15. The van der Waals surface area contributed by atoms with Crippen LogP contribution in [-0.2, 0) is 22.9 Å². The molecule has 6 nitrogen and oxygen atoms in total. The van der Waals surface area contributed by atoms with Gasteiger partial charge in [-0.2, -0.15) is 5.26 Å². The highest BCUT2D eigenvalue weighted by Gasteiger charge is 2.22. The smallest absolute Gasteiger partial charge is 0.263 e. The lowest BCUT2D eigenvalue weighted by molar-refractivity contribution is 0.356. The summed E-state index contributed by atoms with van der Waals surface area (Å²) in [4.78, 5) is 2.85. The van der Waals surface area contributed by atoms with E-state index in [2.05, 4.69) is 9.71 Å². The fourth-order valence-electron chi connectivity index (χ4n) is 3.18. The van der Waals surface area contributed by atoms with Gasteiger partial charge in [-0.25, -0.2) is 12.8 Å². The Morgan fingerprint density at radius 3 is 2.86 bits per heavy atom. The second-order valence-corrected chi connectivity index (χ2v) is 8.12. The quantitative estimate of drug-likeness (QED) is 0.690. The first-order valence-corrected chi connectivity index (χ1v) is 10.1. The number of hydrogen-bond acceptors (Lipinski definition) is 4. The molecule has 0 radical (unpaired) electrons. The number of nitrogens with zero attached hydrogens (tertiary/aromatic N) is 1. The number of H-pyrrole nitrogens is 1. The van der Waals surface area contributed by atoms with Crippen molar-refractivity contribution in [3.05, 3.63) is 76.9 Å². The van der Waals surface area contributed by atoms with Gasteiger partial charge in [0.05, 0.1) is 23.9 Å². The second-order valence-electron chi connectivity index (χ2n) is 6.47. The van der Waals surface area contributed by atoms with Gasteiger partial charge in [0.2, 0.25) is 0 Å². The lowest BCUT2D eigenvalue weighted by atomic mass is 10.0. The van der Waals surface area contributed by atoms with Crippen molar-refractivity contribution in [2.24, 2.45) is 0 Å². The minimum absolute atomic E-state index is 0.0395. The standard InChI is InChI=1S/C20H16FN3O3S/c21-17-8-14(10-22)2-4-18(17)24-28(25,26)20-12-23-11-16(20)7-13-1-3-15-5-6-27-19(15)9-13/h1-4,8-9,11-12,23-24H,5-7H2. The van der Waals surface area contributed by atoms with Crippen LogP contribution in [0, 0.1) is 17.1 Å². The Morgan fingerprint density at radius 1 is 1.21 bits per heavy atom. The van der Waals surface area contributed by atoms with Crippen LogP contribution in [0.25, 0.3) is 0 Å². The fraction of sp³-hybridized carbons (Fsp3) is 0.150. The van der Waals surface area contributed by atoms with E-state index in [-0.39, 0.29) is 16.1 Å². The van der Waals surface area contributed by atoms with Gasteiger partial charge in [0.25, 0.3) is 10.0 Å². The molecule has 3 aromatic rings. The second kappa shape index (κ2) is 7.02. The topological polar surface area (TPSA) is 95.0 Å². The average Bonchev–Trinajstić information content (AvgIpc) is 3.32. The third-order valence-electron chi connectivity index (χ3n) is 4.58. The van der Waals surface area contributed by atoms with Crippen molar-refractivity contribution in [1.29, 1.82) is 5.26 Å². The Labute approximate surface area is 161 Å². The predicted molar refractivity (Wildman–Crippen MR) is 101 cm³/mol. The van der Waals surface area contributed by atoms with Crippen LogP contribution < -0.4 is 9.46 Å². The van der Waals surface area contributed by atoms with Gasteiger partial charge in [0, 0.05) is 25.2 Å². The molecule has 2 aromatic carbocycles. The van der Waals surface area contributed by atoms with E-state index < -0.39 is 15.8 Å². The maximum absolute atomic E-state index is 14.1. The zero-order chi connectivity index (χ0) is 19.7. The third kappa shape index (κ3) is 3.44. The number of rotatable bonds is 5. The summed E-state index contributed by atoms with van der Waals surface area (Å²) in [6.07, 6.45) is 4.23. The number of anilines is 1. The van der Waals surface area contributed by atoms with Crippen LogP contribution in [0.15, 0.2) is 53.7 Å². The minimum Gasteiger partial charge on any atom is -0.493 e. The molecule has 2 heterocycles. The Bertz CT molecular complexity index is 1200. The molecule has 0 aliphatic carbocycles. The molecule has 0 bridgehead atoms.